The molecule has 30 heavy (non-hydrogen) atoms. The number of amides is 1. The molecule has 4 rings (SSSR count). The van der Waals surface area contributed by atoms with E-state index in [-0.39, 0.29) is 11.4 Å². The molecule has 0 aliphatic carbocycles. The molecule has 0 aliphatic rings. The molecule has 0 spiro atoms. The quantitative estimate of drug-likeness (QED) is 0.366. The zero-order valence-corrected chi connectivity index (χ0v) is 16.3. The van der Waals surface area contributed by atoms with E-state index in [1.54, 1.807) is 16.7 Å². The van der Waals surface area contributed by atoms with Gasteiger partial charge in [0, 0.05) is 23.0 Å². The molecule has 0 saturated carbocycles. The molecule has 0 unspecified atom stereocenters. The van der Waals surface area contributed by atoms with Crippen molar-refractivity contribution in [3.05, 3.63) is 90.5 Å². The Morgan fingerprint density at radius 2 is 1.80 bits per heavy atom. The molecule has 2 heterocycles. The first-order valence-electron chi connectivity index (χ1n) is 9.51. The maximum atomic E-state index is 13.4. The summed E-state index contributed by atoms with van der Waals surface area (Å²) >= 11 is 0. The molecule has 1 N–H and O–H groups in total. The number of aromatic nitrogens is 1. The Labute approximate surface area is 172 Å². The van der Waals surface area contributed by atoms with Gasteiger partial charge in [0.15, 0.2) is 0 Å². The highest BCUT2D eigenvalue weighted by atomic mass is 19.1. The van der Waals surface area contributed by atoms with Gasteiger partial charge in [0.2, 0.25) is 0 Å². The van der Waals surface area contributed by atoms with Gasteiger partial charge in [0.25, 0.3) is 11.7 Å². The topological polar surface area (TPSA) is 59.8 Å². The number of benzene rings is 2. The Hall–Kier alpha value is -3.93. The van der Waals surface area contributed by atoms with E-state index < -0.39 is 17.5 Å². The number of carbonyl (C=O) groups is 2. The normalized spacial score (nSPS) is 10.7. The molecule has 2 aromatic heterocycles. The van der Waals surface area contributed by atoms with Crippen molar-refractivity contribution in [2.24, 2.45) is 0 Å². The van der Waals surface area contributed by atoms with Crippen LogP contribution in [0.2, 0.25) is 0 Å². The molecule has 4 aromatic rings. The van der Waals surface area contributed by atoms with E-state index >= 15 is 0 Å². The van der Waals surface area contributed by atoms with Crippen LogP contribution in [0.4, 0.5) is 10.1 Å². The number of nitrogens with zero attached hydrogens (tertiary/aromatic N) is 1. The SMILES string of the molecule is CCOc1ccc(-c2cc3ccccn3c2C(=O)C(=O)Nc2cccc(F)c2)cc1. The fourth-order valence-electron chi connectivity index (χ4n) is 3.33. The summed E-state index contributed by atoms with van der Waals surface area (Å²) in [4.78, 5) is 25.8. The van der Waals surface area contributed by atoms with Crippen molar-refractivity contribution < 1.29 is 18.7 Å². The number of halogens is 1. The average Bonchev–Trinajstić information content (AvgIpc) is 3.13. The molecule has 0 radical (unpaired) electrons. The van der Waals surface area contributed by atoms with Crippen LogP contribution in [0.25, 0.3) is 16.6 Å². The first kappa shape index (κ1) is 19.4. The maximum absolute atomic E-state index is 13.4. The molecule has 1 amide bonds. The van der Waals surface area contributed by atoms with Crippen LogP contribution in [0.15, 0.2) is 79.0 Å². The molecule has 2 aromatic carbocycles. The van der Waals surface area contributed by atoms with Crippen LogP contribution in [-0.4, -0.2) is 22.7 Å². The summed E-state index contributed by atoms with van der Waals surface area (Å²) in [5.41, 5.74) is 2.65. The monoisotopic (exact) mass is 402 g/mol. The minimum absolute atomic E-state index is 0.219. The van der Waals surface area contributed by atoms with Crippen molar-refractivity contribution in [3.8, 4) is 16.9 Å². The second-order valence-electron chi connectivity index (χ2n) is 6.65. The number of pyridine rings is 1. The third kappa shape index (κ3) is 3.80. The van der Waals surface area contributed by atoms with E-state index in [1.165, 1.54) is 18.2 Å². The predicted octanol–water partition coefficient (Wildman–Crippen LogP) is 4.97. The van der Waals surface area contributed by atoms with Crippen molar-refractivity contribution in [2.45, 2.75) is 6.92 Å². The van der Waals surface area contributed by atoms with E-state index in [0.717, 1.165) is 22.9 Å². The molecule has 0 fully saturated rings. The Balaban J connectivity index is 1.74. The largest absolute Gasteiger partial charge is 0.494 e. The fourth-order valence-corrected chi connectivity index (χ4v) is 3.33. The number of rotatable bonds is 6. The van der Waals surface area contributed by atoms with Crippen molar-refractivity contribution in [2.75, 3.05) is 11.9 Å². The van der Waals surface area contributed by atoms with Gasteiger partial charge >= 0.3 is 0 Å². The van der Waals surface area contributed by atoms with Crippen LogP contribution in [0.1, 0.15) is 17.4 Å². The lowest BCUT2D eigenvalue weighted by Crippen LogP contribution is -2.24. The smallest absolute Gasteiger partial charge is 0.298 e. The molecular formula is C24H19FN2O3. The highest BCUT2D eigenvalue weighted by Gasteiger charge is 2.25. The molecular weight excluding hydrogens is 383 g/mol. The molecule has 5 nitrogen and oxygen atoms in total. The Morgan fingerprint density at radius 1 is 1.00 bits per heavy atom. The van der Waals surface area contributed by atoms with Crippen LogP contribution < -0.4 is 10.1 Å². The maximum Gasteiger partial charge on any atom is 0.298 e. The number of ketones is 1. The van der Waals surface area contributed by atoms with Crippen molar-refractivity contribution in [1.29, 1.82) is 0 Å². The average molecular weight is 402 g/mol. The first-order valence-corrected chi connectivity index (χ1v) is 9.51. The number of hydrogen-bond donors (Lipinski definition) is 1. The number of fused-ring (bicyclic) bond motifs is 1. The number of hydrogen-bond acceptors (Lipinski definition) is 3. The minimum atomic E-state index is -0.836. The van der Waals surface area contributed by atoms with Crippen LogP contribution in [0.3, 0.4) is 0 Å². The van der Waals surface area contributed by atoms with Gasteiger partial charge in [-0.05, 0) is 61.0 Å². The molecule has 150 valence electrons. The Bertz CT molecular complexity index is 1230. The van der Waals surface area contributed by atoms with Gasteiger partial charge in [-0.2, -0.15) is 0 Å². The van der Waals surface area contributed by atoms with Gasteiger partial charge in [-0.25, -0.2) is 4.39 Å². The summed E-state index contributed by atoms with van der Waals surface area (Å²) in [5.74, 6) is -1.32. The van der Waals surface area contributed by atoms with Gasteiger partial charge in [-0.3, -0.25) is 9.59 Å². The third-order valence-corrected chi connectivity index (χ3v) is 4.66. The molecule has 0 aliphatic heterocycles. The summed E-state index contributed by atoms with van der Waals surface area (Å²) < 4.78 is 20.6. The third-order valence-electron chi connectivity index (χ3n) is 4.66. The Kier molecular flexibility index (Phi) is 5.30. The van der Waals surface area contributed by atoms with Crippen LogP contribution in [0, 0.1) is 5.82 Å². The lowest BCUT2D eigenvalue weighted by atomic mass is 10.0. The first-order chi connectivity index (χ1) is 14.6. The van der Waals surface area contributed by atoms with E-state index in [1.807, 2.05) is 49.4 Å². The zero-order valence-electron chi connectivity index (χ0n) is 16.3. The van der Waals surface area contributed by atoms with Crippen LogP contribution in [0.5, 0.6) is 5.75 Å². The second kappa shape index (κ2) is 8.21. The summed E-state index contributed by atoms with van der Waals surface area (Å²) in [6.45, 7) is 2.46. The number of nitrogens with one attached hydrogen (secondary N) is 1. The van der Waals surface area contributed by atoms with Crippen molar-refractivity contribution in [3.63, 3.8) is 0 Å². The summed E-state index contributed by atoms with van der Waals surface area (Å²) in [6.07, 6.45) is 1.73. The summed E-state index contributed by atoms with van der Waals surface area (Å²) in [7, 11) is 0. The van der Waals surface area contributed by atoms with E-state index in [0.29, 0.717) is 12.2 Å². The van der Waals surface area contributed by atoms with E-state index in [9.17, 15) is 14.0 Å². The molecule has 0 bridgehead atoms. The zero-order chi connectivity index (χ0) is 21.1. The molecule has 0 atom stereocenters. The minimum Gasteiger partial charge on any atom is -0.494 e. The van der Waals surface area contributed by atoms with Crippen molar-refractivity contribution in [1.82, 2.24) is 4.40 Å². The van der Waals surface area contributed by atoms with E-state index in [4.69, 9.17) is 4.74 Å². The summed E-state index contributed by atoms with van der Waals surface area (Å²) in [6, 6.07) is 20.1. The predicted molar refractivity (Wildman–Crippen MR) is 113 cm³/mol. The second-order valence-corrected chi connectivity index (χ2v) is 6.65. The lowest BCUT2D eigenvalue weighted by Gasteiger charge is -2.09. The van der Waals surface area contributed by atoms with Gasteiger partial charge in [0.05, 0.1) is 6.61 Å². The van der Waals surface area contributed by atoms with Gasteiger partial charge in [-0.1, -0.05) is 24.3 Å². The standard InChI is InChI=1S/C24H19FN2O3/c1-2-30-20-11-9-16(10-12-20)21-15-19-8-3-4-13-27(19)22(21)23(28)24(29)26-18-7-5-6-17(25)14-18/h3-15H,2H2,1H3,(H,26,29). The summed E-state index contributed by atoms with van der Waals surface area (Å²) in [5, 5.41) is 2.48. The van der Waals surface area contributed by atoms with Gasteiger partial charge < -0.3 is 14.5 Å². The number of Topliss-reactive ketones (excluding diaryl/α,β-unsaturated/α-hetero) is 1. The number of anilines is 1. The molecule has 6 heteroatoms. The fraction of sp³-hybridized carbons (Fsp3) is 0.0833. The van der Waals surface area contributed by atoms with E-state index in [2.05, 4.69) is 5.32 Å². The number of ether oxygens (including phenoxy) is 1. The van der Waals surface area contributed by atoms with Crippen LogP contribution >= 0.6 is 0 Å². The highest BCUT2D eigenvalue weighted by molar-refractivity contribution is 6.47. The van der Waals surface area contributed by atoms with Gasteiger partial charge in [0.1, 0.15) is 17.3 Å². The van der Waals surface area contributed by atoms with Crippen molar-refractivity contribution >= 4 is 22.9 Å². The number of carbonyl (C=O) groups excluding carboxylic acids is 2. The molecule has 0 saturated heterocycles. The highest BCUT2D eigenvalue weighted by Crippen LogP contribution is 2.30. The lowest BCUT2D eigenvalue weighted by molar-refractivity contribution is -0.112. The van der Waals surface area contributed by atoms with Gasteiger partial charge in [-0.15, -0.1) is 0 Å². The van der Waals surface area contributed by atoms with Crippen LogP contribution in [-0.2, 0) is 4.79 Å². The Morgan fingerprint density at radius 3 is 2.53 bits per heavy atom.